The molecule has 0 bridgehead atoms. The van der Waals surface area contributed by atoms with E-state index in [4.69, 9.17) is 24.5 Å². The Balaban J connectivity index is 0.000000505. The molecule has 0 saturated carbocycles. The van der Waals surface area contributed by atoms with Crippen LogP contribution in [0.5, 0.6) is 5.88 Å². The number of carboxylic acids is 2. The second-order valence-electron chi connectivity index (χ2n) is 8.64. The van der Waals surface area contributed by atoms with Gasteiger partial charge in [-0.1, -0.05) is 18.2 Å². The van der Waals surface area contributed by atoms with Gasteiger partial charge >= 0.3 is 18.0 Å². The number of aliphatic carboxylic acids is 2. The fourth-order valence-electron chi connectivity index (χ4n) is 4.19. The van der Waals surface area contributed by atoms with Crippen LogP contribution in [0.2, 0.25) is 0 Å². The number of methoxy groups -OCH3 is 1. The Morgan fingerprint density at radius 2 is 1.82 bits per heavy atom. The summed E-state index contributed by atoms with van der Waals surface area (Å²) in [6, 6.07) is 16.1. The van der Waals surface area contributed by atoms with Crippen molar-refractivity contribution in [3.05, 3.63) is 60.4 Å². The zero-order chi connectivity index (χ0) is 27.1. The van der Waals surface area contributed by atoms with Crippen LogP contribution >= 0.6 is 0 Å². The van der Waals surface area contributed by atoms with Crippen molar-refractivity contribution in [2.45, 2.75) is 25.4 Å². The Bertz CT molecular complexity index is 1400. The molecule has 4 aromatic rings. The molecule has 1 aliphatic heterocycles. The molecule has 12 nitrogen and oxygen atoms in total. The SMILES string of the molecule is COc1ccc2nccc(NC(=O)N3CCC(NCc4cc5ccccc5[nH]4)CC3)c2n1.O=C(O)C(=O)O. The predicted molar refractivity (Wildman–Crippen MR) is 140 cm³/mol. The fourth-order valence-corrected chi connectivity index (χ4v) is 4.19. The molecule has 1 aromatic carbocycles. The Labute approximate surface area is 217 Å². The van der Waals surface area contributed by atoms with Gasteiger partial charge in [0.15, 0.2) is 0 Å². The number of piperidine rings is 1. The molecule has 3 aromatic heterocycles. The number of likely N-dealkylation sites (tertiary alicyclic amines) is 1. The summed E-state index contributed by atoms with van der Waals surface area (Å²) >= 11 is 0. The van der Waals surface area contributed by atoms with E-state index >= 15 is 0 Å². The molecule has 0 spiro atoms. The molecular formula is C26H28N6O6. The van der Waals surface area contributed by atoms with E-state index in [-0.39, 0.29) is 6.03 Å². The number of carbonyl (C=O) groups is 3. The number of amides is 2. The standard InChI is InChI=1S/C24H26N6O2.C2H2O4/c1-32-22-7-6-20-23(29-22)21(8-11-25-20)28-24(31)30-12-9-17(10-13-30)26-15-18-14-16-4-2-3-5-19(16)27-18;3-1(4)2(5)6/h2-8,11,14,17,26-27H,9-10,12-13,15H2,1H3,(H,25,28,31);(H,3,4)(H,5,6). The number of nitrogens with one attached hydrogen (secondary N) is 3. The lowest BCUT2D eigenvalue weighted by molar-refractivity contribution is -0.159. The van der Waals surface area contributed by atoms with Crippen molar-refractivity contribution < 1.29 is 29.3 Å². The van der Waals surface area contributed by atoms with Crippen molar-refractivity contribution in [2.75, 3.05) is 25.5 Å². The third-order valence-corrected chi connectivity index (χ3v) is 6.14. The number of carbonyl (C=O) groups excluding carboxylic acids is 1. The summed E-state index contributed by atoms with van der Waals surface area (Å²) in [5, 5.41) is 22.6. The van der Waals surface area contributed by atoms with Gasteiger partial charge in [-0.25, -0.2) is 19.4 Å². The maximum atomic E-state index is 12.9. The van der Waals surface area contributed by atoms with E-state index in [1.165, 1.54) is 11.1 Å². The minimum atomic E-state index is -1.82. The number of aromatic amines is 1. The van der Waals surface area contributed by atoms with E-state index in [0.717, 1.165) is 24.9 Å². The van der Waals surface area contributed by atoms with Crippen LogP contribution < -0.4 is 15.4 Å². The number of benzene rings is 1. The van der Waals surface area contributed by atoms with Crippen molar-refractivity contribution in [2.24, 2.45) is 0 Å². The van der Waals surface area contributed by atoms with Crippen molar-refractivity contribution >= 4 is 45.6 Å². The van der Waals surface area contributed by atoms with Gasteiger partial charge in [0, 0.05) is 49.1 Å². The third kappa shape index (κ3) is 6.53. The number of urea groups is 1. The van der Waals surface area contributed by atoms with Gasteiger partial charge in [0.2, 0.25) is 5.88 Å². The first-order valence-electron chi connectivity index (χ1n) is 12.0. The van der Waals surface area contributed by atoms with Crippen molar-refractivity contribution in [1.82, 2.24) is 25.2 Å². The number of rotatable bonds is 5. The molecule has 2 amide bonds. The topological polar surface area (TPSA) is 170 Å². The first-order valence-corrected chi connectivity index (χ1v) is 12.0. The van der Waals surface area contributed by atoms with Crippen molar-refractivity contribution in [3.8, 4) is 5.88 Å². The molecule has 1 fully saturated rings. The molecule has 5 rings (SSSR count). The number of aromatic nitrogens is 3. The van der Waals surface area contributed by atoms with E-state index in [9.17, 15) is 4.79 Å². The van der Waals surface area contributed by atoms with Gasteiger partial charge in [-0.3, -0.25) is 4.98 Å². The highest BCUT2D eigenvalue weighted by Crippen LogP contribution is 2.23. The van der Waals surface area contributed by atoms with E-state index < -0.39 is 11.9 Å². The van der Waals surface area contributed by atoms with Gasteiger partial charge in [0.25, 0.3) is 0 Å². The normalized spacial score (nSPS) is 13.6. The van der Waals surface area contributed by atoms with Gasteiger partial charge in [-0.05, 0) is 42.5 Å². The van der Waals surface area contributed by atoms with E-state index in [0.29, 0.717) is 41.7 Å². The molecule has 0 atom stereocenters. The van der Waals surface area contributed by atoms with E-state index in [1.807, 2.05) is 17.0 Å². The molecule has 38 heavy (non-hydrogen) atoms. The van der Waals surface area contributed by atoms with Crippen molar-refractivity contribution in [3.63, 3.8) is 0 Å². The van der Waals surface area contributed by atoms with Gasteiger partial charge < -0.3 is 35.5 Å². The minimum absolute atomic E-state index is 0.115. The highest BCUT2D eigenvalue weighted by molar-refractivity contribution is 6.27. The summed E-state index contributed by atoms with van der Waals surface area (Å²) < 4.78 is 5.21. The first kappa shape index (κ1) is 26.4. The number of H-pyrrole nitrogens is 1. The number of para-hydroxylation sites is 1. The molecule has 0 aliphatic carbocycles. The zero-order valence-electron chi connectivity index (χ0n) is 20.7. The molecule has 4 heterocycles. The number of pyridine rings is 2. The summed E-state index contributed by atoms with van der Waals surface area (Å²) in [6.45, 7) is 2.20. The lowest BCUT2D eigenvalue weighted by Gasteiger charge is -2.32. The molecule has 0 unspecified atom stereocenters. The van der Waals surface area contributed by atoms with Gasteiger partial charge in [0.1, 0.15) is 5.52 Å². The second kappa shape index (κ2) is 12.0. The lowest BCUT2D eigenvalue weighted by atomic mass is 10.1. The van der Waals surface area contributed by atoms with Gasteiger partial charge in [0.05, 0.1) is 18.3 Å². The fraction of sp³-hybridized carbons (Fsp3) is 0.269. The Hall–Kier alpha value is -4.71. The maximum absolute atomic E-state index is 12.9. The third-order valence-electron chi connectivity index (χ3n) is 6.14. The van der Waals surface area contributed by atoms with Gasteiger partial charge in [-0.15, -0.1) is 0 Å². The average molecular weight is 521 g/mol. The summed E-state index contributed by atoms with van der Waals surface area (Å²) in [4.78, 5) is 45.1. The number of anilines is 1. The summed E-state index contributed by atoms with van der Waals surface area (Å²) in [5.41, 5.74) is 4.31. The second-order valence-corrected chi connectivity index (χ2v) is 8.64. The van der Waals surface area contributed by atoms with Crippen LogP contribution in [0, 0.1) is 0 Å². The monoisotopic (exact) mass is 520 g/mol. The quantitative estimate of drug-likeness (QED) is 0.248. The Morgan fingerprint density at radius 3 is 2.50 bits per heavy atom. The molecule has 1 saturated heterocycles. The minimum Gasteiger partial charge on any atom is -0.481 e. The predicted octanol–water partition coefficient (Wildman–Crippen LogP) is 3.06. The Morgan fingerprint density at radius 1 is 1.08 bits per heavy atom. The summed E-state index contributed by atoms with van der Waals surface area (Å²) in [6.07, 6.45) is 3.50. The number of hydrogen-bond donors (Lipinski definition) is 5. The Kier molecular flexibility index (Phi) is 8.34. The molecule has 12 heteroatoms. The van der Waals surface area contributed by atoms with Crippen LogP contribution in [-0.2, 0) is 16.1 Å². The van der Waals surface area contributed by atoms with Crippen LogP contribution in [0.1, 0.15) is 18.5 Å². The molecule has 0 radical (unpaired) electrons. The molecule has 5 N–H and O–H groups in total. The van der Waals surface area contributed by atoms with Crippen LogP contribution in [0.4, 0.5) is 10.5 Å². The highest BCUT2D eigenvalue weighted by Gasteiger charge is 2.23. The molecule has 1 aliphatic rings. The van der Waals surface area contributed by atoms with Gasteiger partial charge in [-0.2, -0.15) is 0 Å². The van der Waals surface area contributed by atoms with E-state index in [2.05, 4.69) is 49.9 Å². The number of carboxylic acid groups (broad SMARTS) is 2. The van der Waals surface area contributed by atoms with E-state index in [1.54, 1.807) is 25.4 Å². The number of ether oxygens (including phenoxy) is 1. The van der Waals surface area contributed by atoms with Crippen LogP contribution in [0.3, 0.4) is 0 Å². The zero-order valence-corrected chi connectivity index (χ0v) is 20.7. The lowest BCUT2D eigenvalue weighted by Crippen LogP contribution is -2.46. The smallest absolute Gasteiger partial charge is 0.414 e. The average Bonchev–Trinajstić information content (AvgIpc) is 3.35. The van der Waals surface area contributed by atoms with Crippen LogP contribution in [0.15, 0.2) is 54.7 Å². The maximum Gasteiger partial charge on any atom is 0.414 e. The summed E-state index contributed by atoms with van der Waals surface area (Å²) in [7, 11) is 1.57. The highest BCUT2D eigenvalue weighted by atomic mass is 16.5. The number of hydrogen-bond acceptors (Lipinski definition) is 7. The van der Waals surface area contributed by atoms with Crippen LogP contribution in [0.25, 0.3) is 21.9 Å². The largest absolute Gasteiger partial charge is 0.481 e. The van der Waals surface area contributed by atoms with Crippen LogP contribution in [-0.4, -0.2) is 74.3 Å². The van der Waals surface area contributed by atoms with Crippen molar-refractivity contribution in [1.29, 1.82) is 0 Å². The summed E-state index contributed by atoms with van der Waals surface area (Å²) in [5.74, 6) is -3.16. The number of fused-ring (bicyclic) bond motifs is 2. The molecular weight excluding hydrogens is 492 g/mol. The molecule has 198 valence electrons. The number of nitrogens with zero attached hydrogens (tertiary/aromatic N) is 3. The first-order chi connectivity index (χ1) is 18.3.